The van der Waals surface area contributed by atoms with Crippen LogP contribution in [0.3, 0.4) is 0 Å². The summed E-state index contributed by atoms with van der Waals surface area (Å²) in [6.45, 7) is 4.52. The monoisotopic (exact) mass is 369 g/mol. The van der Waals surface area contributed by atoms with Crippen LogP contribution in [0.5, 0.6) is 0 Å². The third kappa shape index (κ3) is 3.89. The topological polar surface area (TPSA) is 64.1 Å². The highest BCUT2D eigenvalue weighted by atomic mass is 32.1. The first-order valence-electron chi connectivity index (χ1n) is 8.44. The number of thiophene rings is 1. The molecule has 1 saturated carbocycles. The zero-order valence-electron chi connectivity index (χ0n) is 14.3. The Morgan fingerprint density at radius 3 is 2.80 bits per heavy atom. The highest BCUT2D eigenvalue weighted by Gasteiger charge is 2.34. The highest BCUT2D eigenvalue weighted by Crippen LogP contribution is 2.37. The van der Waals surface area contributed by atoms with Gasteiger partial charge in [-0.15, -0.1) is 11.3 Å². The van der Waals surface area contributed by atoms with Gasteiger partial charge in [0.05, 0.1) is 12.0 Å². The molecule has 0 saturated heterocycles. The number of ether oxygens (including phenoxy) is 1. The Morgan fingerprint density at radius 2 is 2.12 bits per heavy atom. The summed E-state index contributed by atoms with van der Waals surface area (Å²) in [6, 6.07) is 0. The number of hydrogen-bond donors (Lipinski definition) is 1. The molecule has 0 atom stereocenters. The van der Waals surface area contributed by atoms with E-state index >= 15 is 0 Å². The van der Waals surface area contributed by atoms with Crippen LogP contribution in [0.25, 0.3) is 10.2 Å². The number of fused-ring (bicyclic) bond motifs is 1. The number of nitrogens with one attached hydrogen (secondary N) is 1. The maximum absolute atomic E-state index is 13.3. The number of aryl methyl sites for hydroxylation is 1. The Balaban J connectivity index is 1.77. The van der Waals surface area contributed by atoms with Crippen molar-refractivity contribution >= 4 is 33.3 Å². The lowest BCUT2D eigenvalue weighted by Crippen LogP contribution is -2.28. The van der Waals surface area contributed by atoms with Crippen molar-refractivity contribution in [2.75, 3.05) is 18.5 Å². The fourth-order valence-electron chi connectivity index (χ4n) is 3.14. The molecule has 5 nitrogen and oxygen atoms in total. The molecule has 2 aromatic rings. The minimum absolute atomic E-state index is 0.0526. The van der Waals surface area contributed by atoms with Gasteiger partial charge in [-0.25, -0.2) is 23.5 Å². The Labute approximate surface area is 148 Å². The lowest BCUT2D eigenvalue weighted by Gasteiger charge is -2.28. The molecule has 25 heavy (non-hydrogen) atoms. The predicted molar refractivity (Wildman–Crippen MR) is 93.5 cm³/mol. The molecular weight excluding hydrogens is 348 g/mol. The maximum Gasteiger partial charge on any atom is 0.348 e. The number of carbonyl (C=O) groups excluding carboxylic acids is 1. The fourth-order valence-corrected chi connectivity index (χ4v) is 4.18. The maximum atomic E-state index is 13.3. The van der Waals surface area contributed by atoms with Gasteiger partial charge in [0.1, 0.15) is 21.9 Å². The van der Waals surface area contributed by atoms with Crippen LogP contribution in [0.4, 0.5) is 14.6 Å². The van der Waals surface area contributed by atoms with Crippen LogP contribution < -0.4 is 5.32 Å². The SMILES string of the molecule is CCOC(=O)c1sc2ncnc(NCC3CCC(F)(F)CC3)c2c1C. The van der Waals surface area contributed by atoms with Crippen LogP contribution in [0.1, 0.15) is 47.8 Å². The largest absolute Gasteiger partial charge is 0.462 e. The molecule has 0 spiro atoms. The Kier molecular flexibility index (Phi) is 5.17. The molecule has 8 heteroatoms. The summed E-state index contributed by atoms with van der Waals surface area (Å²) in [6.07, 6.45) is 2.35. The molecule has 0 unspecified atom stereocenters. The average molecular weight is 369 g/mol. The minimum Gasteiger partial charge on any atom is -0.462 e. The van der Waals surface area contributed by atoms with Gasteiger partial charge in [0.2, 0.25) is 5.92 Å². The van der Waals surface area contributed by atoms with Crippen LogP contribution in [-0.2, 0) is 4.74 Å². The molecule has 136 valence electrons. The van der Waals surface area contributed by atoms with E-state index in [0.717, 1.165) is 10.9 Å². The van der Waals surface area contributed by atoms with Crippen molar-refractivity contribution in [3.05, 3.63) is 16.8 Å². The van der Waals surface area contributed by atoms with Crippen molar-refractivity contribution in [2.24, 2.45) is 5.92 Å². The molecule has 2 heterocycles. The first kappa shape index (κ1) is 18.0. The fraction of sp³-hybridized carbons (Fsp3) is 0.588. The molecule has 1 aliphatic carbocycles. The molecule has 3 rings (SSSR count). The summed E-state index contributed by atoms with van der Waals surface area (Å²) in [5, 5.41) is 4.07. The molecule has 0 amide bonds. The molecule has 0 bridgehead atoms. The van der Waals surface area contributed by atoms with Crippen molar-refractivity contribution < 1.29 is 18.3 Å². The van der Waals surface area contributed by atoms with Gasteiger partial charge >= 0.3 is 5.97 Å². The van der Waals surface area contributed by atoms with Gasteiger partial charge in [0, 0.05) is 19.4 Å². The van der Waals surface area contributed by atoms with E-state index in [2.05, 4.69) is 15.3 Å². The van der Waals surface area contributed by atoms with Gasteiger partial charge in [-0.2, -0.15) is 0 Å². The molecule has 2 aromatic heterocycles. The standard InChI is InChI=1S/C17H21F2N3O2S/c1-3-24-16(23)13-10(2)12-14(21-9-22-15(12)25-13)20-8-11-4-6-17(18,19)7-5-11/h9,11H,3-8H2,1-2H3,(H,20,21,22). The molecule has 0 aromatic carbocycles. The van der Waals surface area contributed by atoms with Crippen LogP contribution in [0, 0.1) is 12.8 Å². The second kappa shape index (κ2) is 7.19. The van der Waals surface area contributed by atoms with Gasteiger partial charge in [0.15, 0.2) is 0 Å². The number of hydrogen-bond acceptors (Lipinski definition) is 6. The van der Waals surface area contributed by atoms with E-state index in [1.54, 1.807) is 6.92 Å². The summed E-state index contributed by atoms with van der Waals surface area (Å²) in [5.41, 5.74) is 0.789. The van der Waals surface area contributed by atoms with Crippen LogP contribution in [0.2, 0.25) is 0 Å². The number of carbonyl (C=O) groups is 1. The number of esters is 1. The molecular formula is C17H21F2N3O2S. The number of rotatable bonds is 5. The van der Waals surface area contributed by atoms with E-state index in [-0.39, 0.29) is 24.7 Å². The lowest BCUT2D eigenvalue weighted by molar-refractivity contribution is -0.0443. The van der Waals surface area contributed by atoms with E-state index in [1.807, 2.05) is 6.92 Å². The van der Waals surface area contributed by atoms with Gasteiger partial charge in [-0.1, -0.05) is 0 Å². The highest BCUT2D eigenvalue weighted by molar-refractivity contribution is 7.20. The minimum atomic E-state index is -2.52. The van der Waals surface area contributed by atoms with Crippen molar-refractivity contribution in [2.45, 2.75) is 45.5 Å². The van der Waals surface area contributed by atoms with Crippen molar-refractivity contribution in [3.8, 4) is 0 Å². The quantitative estimate of drug-likeness (QED) is 0.791. The van der Waals surface area contributed by atoms with Gasteiger partial charge in [0.25, 0.3) is 0 Å². The van der Waals surface area contributed by atoms with Gasteiger partial charge in [-0.05, 0) is 38.2 Å². The first-order chi connectivity index (χ1) is 11.9. The van der Waals surface area contributed by atoms with Crippen LogP contribution >= 0.6 is 11.3 Å². The van der Waals surface area contributed by atoms with E-state index in [1.165, 1.54) is 17.7 Å². The summed E-state index contributed by atoms with van der Waals surface area (Å²) >= 11 is 1.28. The summed E-state index contributed by atoms with van der Waals surface area (Å²) in [7, 11) is 0. The number of aromatic nitrogens is 2. The Hall–Kier alpha value is -1.83. The third-order valence-electron chi connectivity index (χ3n) is 4.58. The second-order valence-electron chi connectivity index (χ2n) is 6.36. The molecule has 1 N–H and O–H groups in total. The number of anilines is 1. The summed E-state index contributed by atoms with van der Waals surface area (Å²) < 4.78 is 31.6. The molecule has 1 aliphatic rings. The van der Waals surface area contributed by atoms with Crippen molar-refractivity contribution in [1.29, 1.82) is 0 Å². The predicted octanol–water partition coefficient (Wildman–Crippen LogP) is 4.41. The van der Waals surface area contributed by atoms with Gasteiger partial charge in [-0.3, -0.25) is 0 Å². The normalized spacial score (nSPS) is 17.6. The zero-order chi connectivity index (χ0) is 18.0. The number of nitrogens with zero attached hydrogens (tertiary/aromatic N) is 2. The number of halogens is 2. The van der Waals surface area contributed by atoms with Gasteiger partial charge < -0.3 is 10.1 Å². The first-order valence-corrected chi connectivity index (χ1v) is 9.26. The van der Waals surface area contributed by atoms with E-state index < -0.39 is 5.92 Å². The summed E-state index contributed by atoms with van der Waals surface area (Å²) in [5.74, 6) is -2.03. The third-order valence-corrected chi connectivity index (χ3v) is 5.76. The molecule has 1 fully saturated rings. The molecule has 0 aliphatic heterocycles. The van der Waals surface area contributed by atoms with Crippen LogP contribution in [-0.4, -0.2) is 35.0 Å². The smallest absolute Gasteiger partial charge is 0.348 e. The number of alkyl halides is 2. The lowest BCUT2D eigenvalue weighted by atomic mass is 9.87. The van der Waals surface area contributed by atoms with E-state index in [9.17, 15) is 13.6 Å². The Bertz CT molecular complexity index is 769. The van der Waals surface area contributed by atoms with Crippen molar-refractivity contribution in [1.82, 2.24) is 9.97 Å². The second-order valence-corrected chi connectivity index (χ2v) is 7.36. The van der Waals surface area contributed by atoms with E-state index in [0.29, 0.717) is 41.5 Å². The zero-order valence-corrected chi connectivity index (χ0v) is 15.1. The average Bonchev–Trinajstić information content (AvgIpc) is 2.92. The van der Waals surface area contributed by atoms with Crippen molar-refractivity contribution in [3.63, 3.8) is 0 Å². The van der Waals surface area contributed by atoms with E-state index in [4.69, 9.17) is 4.74 Å². The Morgan fingerprint density at radius 1 is 1.40 bits per heavy atom. The van der Waals surface area contributed by atoms with Crippen LogP contribution in [0.15, 0.2) is 6.33 Å². The summed E-state index contributed by atoms with van der Waals surface area (Å²) in [4.78, 5) is 21.8. The molecule has 0 radical (unpaired) electrons.